The second-order valence-corrected chi connectivity index (χ2v) is 4.01. The summed E-state index contributed by atoms with van der Waals surface area (Å²) in [5.74, 6) is 1.11. The maximum absolute atomic E-state index is 5.96. The Bertz CT molecular complexity index is 489. The predicted octanol–water partition coefficient (Wildman–Crippen LogP) is 2.73. The molecule has 0 atom stereocenters. The van der Waals surface area contributed by atoms with Gasteiger partial charge in [-0.05, 0) is 18.2 Å². The van der Waals surface area contributed by atoms with Crippen LogP contribution in [-0.2, 0) is 13.0 Å². The fraction of sp³-hybridized carbons (Fsp3) is 0.273. The predicted molar refractivity (Wildman–Crippen MR) is 56.6 cm³/mol. The van der Waals surface area contributed by atoms with Crippen LogP contribution in [0.3, 0.4) is 0 Å². The number of rotatable bonds is 0. The molecule has 72 valence electrons. The molecule has 2 nitrogen and oxygen atoms in total. The zero-order valence-corrected chi connectivity index (χ0v) is 8.40. The largest absolute Gasteiger partial charge is 0.461 e. The lowest BCUT2D eigenvalue weighted by atomic mass is 10.1. The first-order chi connectivity index (χ1) is 6.84. The van der Waals surface area contributed by atoms with Crippen molar-refractivity contribution in [3.8, 4) is 0 Å². The van der Waals surface area contributed by atoms with E-state index in [1.165, 1.54) is 5.56 Å². The summed E-state index contributed by atoms with van der Waals surface area (Å²) < 4.78 is 5.75. The van der Waals surface area contributed by atoms with E-state index in [2.05, 4.69) is 5.32 Å². The highest BCUT2D eigenvalue weighted by molar-refractivity contribution is 6.31. The molecule has 0 saturated carbocycles. The number of hydrogen-bond donors (Lipinski definition) is 1. The third-order valence-corrected chi connectivity index (χ3v) is 2.90. The molecule has 0 saturated heterocycles. The lowest BCUT2D eigenvalue weighted by molar-refractivity contribution is 0.500. The van der Waals surface area contributed by atoms with Crippen LogP contribution in [0.2, 0.25) is 5.02 Å². The molecule has 1 aliphatic heterocycles. The molecular weight excluding hydrogens is 198 g/mol. The molecular formula is C11H10ClNO. The SMILES string of the molecule is Clc1ccc2oc3c(c2c1)CNCC3. The number of benzene rings is 1. The molecule has 3 rings (SSSR count). The number of furan rings is 1. The van der Waals surface area contributed by atoms with Crippen LogP contribution in [0.4, 0.5) is 0 Å². The number of halogens is 1. The van der Waals surface area contributed by atoms with Gasteiger partial charge in [0.25, 0.3) is 0 Å². The molecule has 1 aromatic heterocycles. The smallest absolute Gasteiger partial charge is 0.134 e. The van der Waals surface area contributed by atoms with E-state index in [0.717, 1.165) is 41.3 Å². The molecule has 1 aliphatic rings. The van der Waals surface area contributed by atoms with Crippen LogP contribution < -0.4 is 5.32 Å². The van der Waals surface area contributed by atoms with Gasteiger partial charge in [0.2, 0.25) is 0 Å². The Balaban J connectivity index is 2.32. The fourth-order valence-corrected chi connectivity index (χ4v) is 2.15. The summed E-state index contributed by atoms with van der Waals surface area (Å²) in [6.07, 6.45) is 0.974. The molecule has 0 fully saturated rings. The maximum atomic E-state index is 5.96. The van der Waals surface area contributed by atoms with E-state index in [-0.39, 0.29) is 0 Å². The van der Waals surface area contributed by atoms with Crippen molar-refractivity contribution in [1.82, 2.24) is 5.32 Å². The zero-order chi connectivity index (χ0) is 9.54. The molecule has 0 bridgehead atoms. The minimum atomic E-state index is 0.770. The van der Waals surface area contributed by atoms with E-state index in [9.17, 15) is 0 Å². The van der Waals surface area contributed by atoms with Crippen LogP contribution in [0.15, 0.2) is 22.6 Å². The molecule has 14 heavy (non-hydrogen) atoms. The highest BCUT2D eigenvalue weighted by atomic mass is 35.5. The van der Waals surface area contributed by atoms with E-state index < -0.39 is 0 Å². The Kier molecular flexibility index (Phi) is 1.79. The van der Waals surface area contributed by atoms with Gasteiger partial charge in [-0.1, -0.05) is 11.6 Å². The highest BCUT2D eigenvalue weighted by Gasteiger charge is 2.16. The second-order valence-electron chi connectivity index (χ2n) is 3.57. The van der Waals surface area contributed by atoms with Crippen LogP contribution in [0.25, 0.3) is 11.0 Å². The average molecular weight is 208 g/mol. The van der Waals surface area contributed by atoms with Gasteiger partial charge in [-0.3, -0.25) is 0 Å². The van der Waals surface area contributed by atoms with Gasteiger partial charge in [-0.25, -0.2) is 0 Å². The number of nitrogens with one attached hydrogen (secondary N) is 1. The second kappa shape index (κ2) is 3.01. The first kappa shape index (κ1) is 8.33. The molecule has 0 amide bonds. The van der Waals surface area contributed by atoms with Crippen molar-refractivity contribution in [1.29, 1.82) is 0 Å². The Hall–Kier alpha value is -0.990. The van der Waals surface area contributed by atoms with E-state index in [1.54, 1.807) is 0 Å². The number of hydrogen-bond acceptors (Lipinski definition) is 2. The van der Waals surface area contributed by atoms with Crippen LogP contribution in [0.1, 0.15) is 11.3 Å². The summed E-state index contributed by atoms with van der Waals surface area (Å²) in [5, 5.41) is 5.26. The van der Waals surface area contributed by atoms with E-state index in [0.29, 0.717) is 0 Å². The first-order valence-corrected chi connectivity index (χ1v) is 5.13. The molecule has 2 heterocycles. The molecule has 0 aliphatic carbocycles. The summed E-state index contributed by atoms with van der Waals surface area (Å²) in [6.45, 7) is 1.89. The minimum Gasteiger partial charge on any atom is -0.461 e. The average Bonchev–Trinajstić information content (AvgIpc) is 2.56. The third kappa shape index (κ3) is 1.15. The first-order valence-electron chi connectivity index (χ1n) is 4.75. The minimum absolute atomic E-state index is 0.770. The Labute approximate surface area is 86.8 Å². The van der Waals surface area contributed by atoms with Crippen LogP contribution >= 0.6 is 11.6 Å². The van der Waals surface area contributed by atoms with Crippen LogP contribution in [-0.4, -0.2) is 6.54 Å². The van der Waals surface area contributed by atoms with Crippen molar-refractivity contribution < 1.29 is 4.42 Å². The fourth-order valence-electron chi connectivity index (χ4n) is 1.98. The summed E-state index contributed by atoms with van der Waals surface area (Å²) in [5.41, 5.74) is 2.22. The van der Waals surface area contributed by atoms with Gasteiger partial charge in [-0.15, -0.1) is 0 Å². The van der Waals surface area contributed by atoms with Gasteiger partial charge < -0.3 is 9.73 Å². The van der Waals surface area contributed by atoms with Gasteiger partial charge in [-0.2, -0.15) is 0 Å². The van der Waals surface area contributed by atoms with Gasteiger partial charge >= 0.3 is 0 Å². The molecule has 1 N–H and O–H groups in total. The Morgan fingerprint density at radius 3 is 3.21 bits per heavy atom. The van der Waals surface area contributed by atoms with Crippen LogP contribution in [0.5, 0.6) is 0 Å². The van der Waals surface area contributed by atoms with Gasteiger partial charge in [0, 0.05) is 35.5 Å². The van der Waals surface area contributed by atoms with E-state index in [4.69, 9.17) is 16.0 Å². The summed E-state index contributed by atoms with van der Waals surface area (Å²) >= 11 is 5.96. The van der Waals surface area contributed by atoms with Gasteiger partial charge in [0.1, 0.15) is 11.3 Å². The monoisotopic (exact) mass is 207 g/mol. The van der Waals surface area contributed by atoms with Crippen molar-refractivity contribution in [2.75, 3.05) is 6.54 Å². The Morgan fingerprint density at radius 2 is 2.29 bits per heavy atom. The van der Waals surface area contributed by atoms with Crippen molar-refractivity contribution in [3.63, 3.8) is 0 Å². The van der Waals surface area contributed by atoms with Gasteiger partial charge in [0.05, 0.1) is 0 Å². The molecule has 2 aromatic rings. The lowest BCUT2D eigenvalue weighted by Gasteiger charge is -2.10. The standard InChI is InChI=1S/C11H10ClNO/c12-7-1-2-10-8(5-7)9-6-13-4-3-11(9)14-10/h1-2,5,13H,3-4,6H2. The van der Waals surface area contributed by atoms with E-state index >= 15 is 0 Å². The lowest BCUT2D eigenvalue weighted by Crippen LogP contribution is -2.22. The zero-order valence-electron chi connectivity index (χ0n) is 7.64. The highest BCUT2D eigenvalue weighted by Crippen LogP contribution is 2.29. The topological polar surface area (TPSA) is 25.2 Å². The molecule has 0 spiro atoms. The van der Waals surface area contributed by atoms with Crippen LogP contribution in [0, 0.1) is 0 Å². The quantitative estimate of drug-likeness (QED) is 0.719. The Morgan fingerprint density at radius 1 is 1.36 bits per heavy atom. The van der Waals surface area contributed by atoms with Crippen molar-refractivity contribution in [2.45, 2.75) is 13.0 Å². The molecule has 0 radical (unpaired) electrons. The summed E-state index contributed by atoms with van der Waals surface area (Å²) in [4.78, 5) is 0. The van der Waals surface area contributed by atoms with Crippen molar-refractivity contribution >= 4 is 22.6 Å². The summed E-state index contributed by atoms with van der Waals surface area (Å²) in [6, 6.07) is 5.79. The van der Waals surface area contributed by atoms with Crippen molar-refractivity contribution in [3.05, 3.63) is 34.5 Å². The number of fused-ring (bicyclic) bond motifs is 3. The van der Waals surface area contributed by atoms with Gasteiger partial charge in [0.15, 0.2) is 0 Å². The molecule has 0 unspecified atom stereocenters. The molecule has 1 aromatic carbocycles. The normalized spacial score (nSPS) is 15.8. The molecule has 3 heteroatoms. The summed E-state index contributed by atoms with van der Waals surface area (Å²) in [7, 11) is 0. The third-order valence-electron chi connectivity index (χ3n) is 2.67. The van der Waals surface area contributed by atoms with E-state index in [1.807, 2.05) is 18.2 Å². The maximum Gasteiger partial charge on any atom is 0.134 e. The van der Waals surface area contributed by atoms with Crippen molar-refractivity contribution in [2.24, 2.45) is 0 Å².